The van der Waals surface area contributed by atoms with E-state index in [0.29, 0.717) is 11.3 Å². The van der Waals surface area contributed by atoms with Gasteiger partial charge in [0.25, 0.3) is 0 Å². The van der Waals surface area contributed by atoms with E-state index in [4.69, 9.17) is 9.84 Å². The number of hydrogen-bond acceptors (Lipinski definition) is 4. The summed E-state index contributed by atoms with van der Waals surface area (Å²) in [6.45, 7) is 5.64. The highest BCUT2D eigenvalue weighted by Gasteiger charge is 2.19. The minimum absolute atomic E-state index is 0.117. The minimum atomic E-state index is -1.05. The minimum Gasteiger partial charge on any atom is -0.481 e. The number of aliphatic carboxylic acids is 1. The monoisotopic (exact) mass is 292 g/mol. The number of carbonyl (C=O) groups excluding carboxylic acids is 2. The van der Waals surface area contributed by atoms with Crippen LogP contribution in [-0.4, -0.2) is 23.3 Å². The molecule has 0 saturated carbocycles. The number of aldehydes is 1. The quantitative estimate of drug-likeness (QED) is 0.475. The molecule has 5 nitrogen and oxygen atoms in total. The van der Waals surface area contributed by atoms with Crippen molar-refractivity contribution in [3.05, 3.63) is 29.3 Å². The van der Waals surface area contributed by atoms with Crippen LogP contribution >= 0.6 is 0 Å². The van der Waals surface area contributed by atoms with Crippen molar-refractivity contribution in [1.29, 1.82) is 0 Å². The molecule has 0 bridgehead atoms. The van der Waals surface area contributed by atoms with Crippen LogP contribution in [0, 0.1) is 0 Å². The molecule has 1 rings (SSSR count). The maximum atomic E-state index is 11.8. The lowest BCUT2D eigenvalue weighted by Gasteiger charge is -2.18. The summed E-state index contributed by atoms with van der Waals surface area (Å²) in [5.74, 6) is -1.56. The van der Waals surface area contributed by atoms with E-state index in [1.807, 2.05) is 26.0 Å². The first kappa shape index (κ1) is 16.9. The number of carbonyl (C=O) groups is 3. The number of esters is 1. The van der Waals surface area contributed by atoms with Crippen LogP contribution < -0.4 is 4.74 Å². The molecular weight excluding hydrogens is 272 g/mol. The molecule has 0 amide bonds. The molecule has 1 unspecified atom stereocenters. The molecule has 1 atom stereocenters. The summed E-state index contributed by atoms with van der Waals surface area (Å²) in [4.78, 5) is 33.3. The van der Waals surface area contributed by atoms with Gasteiger partial charge in [-0.3, -0.25) is 9.59 Å². The van der Waals surface area contributed by atoms with Crippen LogP contribution in [0.2, 0.25) is 0 Å². The Balaban J connectivity index is 3.09. The highest BCUT2D eigenvalue weighted by molar-refractivity contribution is 5.79. The second kappa shape index (κ2) is 7.57. The van der Waals surface area contributed by atoms with Crippen molar-refractivity contribution in [3.63, 3.8) is 0 Å². The zero-order valence-corrected chi connectivity index (χ0v) is 12.5. The molecule has 1 aromatic carbocycles. The second-order valence-corrected chi connectivity index (χ2v) is 5.21. The SMILES string of the molecule is CC(C)c1cccc(C(C)C=O)c1OC(=O)CCC(=O)O. The molecule has 1 N–H and O–H groups in total. The molecule has 0 aromatic heterocycles. The number of hydrogen-bond donors (Lipinski definition) is 1. The van der Waals surface area contributed by atoms with E-state index >= 15 is 0 Å². The van der Waals surface area contributed by atoms with E-state index < -0.39 is 17.9 Å². The summed E-state index contributed by atoms with van der Waals surface area (Å²) in [6, 6.07) is 5.40. The summed E-state index contributed by atoms with van der Waals surface area (Å²) in [5.41, 5.74) is 1.46. The number of carboxylic acids is 1. The van der Waals surface area contributed by atoms with E-state index in [1.54, 1.807) is 13.0 Å². The van der Waals surface area contributed by atoms with Crippen LogP contribution in [0.1, 0.15) is 56.6 Å². The average molecular weight is 292 g/mol. The van der Waals surface area contributed by atoms with Gasteiger partial charge in [0.2, 0.25) is 0 Å². The topological polar surface area (TPSA) is 80.7 Å². The summed E-state index contributed by atoms with van der Waals surface area (Å²) in [7, 11) is 0. The van der Waals surface area contributed by atoms with Crippen LogP contribution in [0.4, 0.5) is 0 Å². The molecule has 21 heavy (non-hydrogen) atoms. The standard InChI is InChI=1S/C16H20O5/c1-10(2)12-5-4-6-13(11(3)9-17)16(12)21-15(20)8-7-14(18)19/h4-6,9-11H,7-8H2,1-3H3,(H,18,19). The lowest BCUT2D eigenvalue weighted by Crippen LogP contribution is -2.14. The van der Waals surface area contributed by atoms with Crippen LogP contribution in [0.3, 0.4) is 0 Å². The molecule has 114 valence electrons. The Morgan fingerprint density at radius 2 is 1.81 bits per heavy atom. The van der Waals surface area contributed by atoms with Crippen LogP contribution in [0.15, 0.2) is 18.2 Å². The molecule has 0 heterocycles. The van der Waals surface area contributed by atoms with Gasteiger partial charge in [0.05, 0.1) is 12.8 Å². The smallest absolute Gasteiger partial charge is 0.311 e. The maximum absolute atomic E-state index is 11.8. The third-order valence-electron chi connectivity index (χ3n) is 3.15. The molecule has 0 radical (unpaired) electrons. The lowest BCUT2D eigenvalue weighted by atomic mass is 9.94. The molecule has 0 fully saturated rings. The molecule has 0 aliphatic heterocycles. The zero-order chi connectivity index (χ0) is 16.0. The van der Waals surface area contributed by atoms with Gasteiger partial charge < -0.3 is 14.6 Å². The normalized spacial score (nSPS) is 12.0. The van der Waals surface area contributed by atoms with E-state index in [9.17, 15) is 14.4 Å². The first-order chi connectivity index (χ1) is 9.86. The average Bonchev–Trinajstić information content (AvgIpc) is 2.44. The van der Waals surface area contributed by atoms with Crippen molar-refractivity contribution >= 4 is 18.2 Å². The fraction of sp³-hybridized carbons (Fsp3) is 0.438. The predicted molar refractivity (Wildman–Crippen MR) is 77.5 cm³/mol. The highest BCUT2D eigenvalue weighted by atomic mass is 16.5. The molecule has 0 aliphatic rings. The van der Waals surface area contributed by atoms with E-state index in [-0.39, 0.29) is 18.8 Å². The van der Waals surface area contributed by atoms with Gasteiger partial charge in [-0.15, -0.1) is 0 Å². The Labute approximate surface area is 123 Å². The van der Waals surface area contributed by atoms with E-state index in [2.05, 4.69) is 0 Å². The number of benzene rings is 1. The van der Waals surface area contributed by atoms with Gasteiger partial charge in [-0.2, -0.15) is 0 Å². The molecule has 5 heteroatoms. The van der Waals surface area contributed by atoms with Gasteiger partial charge in [0, 0.05) is 11.5 Å². The number of rotatable bonds is 7. The number of ether oxygens (including phenoxy) is 1. The van der Waals surface area contributed by atoms with Gasteiger partial charge >= 0.3 is 11.9 Å². The molecule has 0 aliphatic carbocycles. The predicted octanol–water partition coefficient (Wildman–Crippen LogP) is 2.88. The number of para-hydroxylation sites is 1. The van der Waals surface area contributed by atoms with Gasteiger partial charge in [-0.25, -0.2) is 0 Å². The highest BCUT2D eigenvalue weighted by Crippen LogP contribution is 2.34. The molecule has 0 saturated heterocycles. The van der Waals surface area contributed by atoms with Gasteiger partial charge in [-0.05, 0) is 11.5 Å². The van der Waals surface area contributed by atoms with Crippen molar-refractivity contribution in [1.82, 2.24) is 0 Å². The summed E-state index contributed by atoms with van der Waals surface area (Å²) >= 11 is 0. The van der Waals surface area contributed by atoms with Crippen molar-refractivity contribution in [2.24, 2.45) is 0 Å². The fourth-order valence-electron chi connectivity index (χ4n) is 1.95. The van der Waals surface area contributed by atoms with Gasteiger partial charge in [0.1, 0.15) is 12.0 Å². The maximum Gasteiger partial charge on any atom is 0.311 e. The van der Waals surface area contributed by atoms with Crippen molar-refractivity contribution in [2.45, 2.75) is 45.4 Å². The van der Waals surface area contributed by atoms with E-state index in [1.165, 1.54) is 0 Å². The first-order valence-electron chi connectivity index (χ1n) is 6.87. The fourth-order valence-corrected chi connectivity index (χ4v) is 1.95. The van der Waals surface area contributed by atoms with Crippen molar-refractivity contribution in [2.75, 3.05) is 0 Å². The van der Waals surface area contributed by atoms with Crippen LogP contribution in [-0.2, 0) is 14.4 Å². The van der Waals surface area contributed by atoms with E-state index in [0.717, 1.165) is 11.8 Å². The van der Waals surface area contributed by atoms with Crippen molar-refractivity contribution < 1.29 is 24.2 Å². The van der Waals surface area contributed by atoms with Gasteiger partial charge in [0.15, 0.2) is 0 Å². The summed E-state index contributed by atoms with van der Waals surface area (Å²) < 4.78 is 5.35. The molecule has 0 spiro atoms. The Bertz CT molecular complexity index is 533. The summed E-state index contributed by atoms with van der Waals surface area (Å²) in [6.07, 6.45) is 0.311. The lowest BCUT2D eigenvalue weighted by molar-refractivity contribution is -0.142. The first-order valence-corrected chi connectivity index (χ1v) is 6.87. The zero-order valence-electron chi connectivity index (χ0n) is 12.5. The Morgan fingerprint density at radius 1 is 1.19 bits per heavy atom. The Kier molecular flexibility index (Phi) is 6.09. The van der Waals surface area contributed by atoms with Crippen LogP contribution in [0.5, 0.6) is 5.75 Å². The van der Waals surface area contributed by atoms with Gasteiger partial charge in [-0.1, -0.05) is 39.0 Å². The summed E-state index contributed by atoms with van der Waals surface area (Å²) in [5, 5.41) is 8.60. The molecule has 1 aromatic rings. The number of carboxylic acid groups (broad SMARTS) is 1. The molecular formula is C16H20O5. The van der Waals surface area contributed by atoms with Crippen LogP contribution in [0.25, 0.3) is 0 Å². The largest absolute Gasteiger partial charge is 0.481 e. The van der Waals surface area contributed by atoms with Crippen molar-refractivity contribution in [3.8, 4) is 5.75 Å². The second-order valence-electron chi connectivity index (χ2n) is 5.21. The Morgan fingerprint density at radius 3 is 2.33 bits per heavy atom. The Hall–Kier alpha value is -2.17. The third-order valence-corrected chi connectivity index (χ3v) is 3.15. The third kappa shape index (κ3) is 4.70.